The van der Waals surface area contributed by atoms with Crippen LogP contribution in [0.3, 0.4) is 0 Å². The van der Waals surface area contributed by atoms with Gasteiger partial charge >= 0.3 is 0 Å². The van der Waals surface area contributed by atoms with Gasteiger partial charge in [0.2, 0.25) is 0 Å². The Balaban J connectivity index is 1.98. The van der Waals surface area contributed by atoms with Gasteiger partial charge in [0.05, 0.1) is 0 Å². The molecular weight excluding hydrogens is 294 g/mol. The summed E-state index contributed by atoms with van der Waals surface area (Å²) in [6, 6.07) is 5.04. The van der Waals surface area contributed by atoms with Crippen molar-refractivity contribution in [2.75, 3.05) is 11.9 Å². The van der Waals surface area contributed by atoms with E-state index in [2.05, 4.69) is 21.2 Å². The first-order valence-corrected chi connectivity index (χ1v) is 7.33. The van der Waals surface area contributed by atoms with Crippen LogP contribution < -0.4 is 5.32 Å². The molecule has 4 heteroatoms. The number of aromatic hydroxyl groups is 1. The van der Waals surface area contributed by atoms with Gasteiger partial charge in [0.25, 0.3) is 5.91 Å². The molecule has 2 rings (SSSR count). The van der Waals surface area contributed by atoms with E-state index in [1.807, 2.05) is 0 Å². The van der Waals surface area contributed by atoms with Crippen molar-refractivity contribution in [3.63, 3.8) is 0 Å². The second-order valence-corrected chi connectivity index (χ2v) is 5.86. The van der Waals surface area contributed by atoms with Gasteiger partial charge in [-0.25, -0.2) is 0 Å². The molecule has 1 amide bonds. The van der Waals surface area contributed by atoms with Gasteiger partial charge in [-0.1, -0.05) is 22.0 Å². The normalized spacial score (nSPS) is 16.3. The highest BCUT2D eigenvalue weighted by molar-refractivity contribution is 9.09. The molecule has 3 nitrogen and oxygen atoms in total. The molecule has 1 saturated carbocycles. The zero-order chi connectivity index (χ0) is 13.2. The molecule has 1 aromatic carbocycles. The minimum absolute atomic E-state index is 0.0933. The Morgan fingerprint density at radius 1 is 1.50 bits per heavy atom. The third-order valence-electron chi connectivity index (χ3n) is 3.76. The first kappa shape index (κ1) is 13.4. The van der Waals surface area contributed by atoms with Gasteiger partial charge in [0, 0.05) is 23.0 Å². The van der Waals surface area contributed by atoms with Gasteiger partial charge in [0.1, 0.15) is 5.75 Å². The van der Waals surface area contributed by atoms with Crippen LogP contribution in [0.2, 0.25) is 0 Å². The van der Waals surface area contributed by atoms with Crippen LogP contribution >= 0.6 is 15.9 Å². The fourth-order valence-electron chi connectivity index (χ4n) is 2.12. The van der Waals surface area contributed by atoms with E-state index < -0.39 is 0 Å². The summed E-state index contributed by atoms with van der Waals surface area (Å²) in [6.07, 6.45) is 3.49. The molecule has 0 heterocycles. The Kier molecular flexibility index (Phi) is 3.95. The molecule has 0 atom stereocenters. The van der Waals surface area contributed by atoms with E-state index in [9.17, 15) is 9.90 Å². The van der Waals surface area contributed by atoms with E-state index in [4.69, 9.17) is 0 Å². The Morgan fingerprint density at radius 3 is 2.83 bits per heavy atom. The number of hydrogen-bond donors (Lipinski definition) is 2. The molecule has 1 aromatic rings. The molecule has 18 heavy (non-hydrogen) atoms. The predicted octanol–water partition coefficient (Wildman–Crippen LogP) is 3.00. The molecule has 0 spiro atoms. The highest BCUT2D eigenvalue weighted by Gasteiger charge is 2.41. The topological polar surface area (TPSA) is 49.3 Å². The molecule has 1 fully saturated rings. The molecule has 0 saturated heterocycles. The van der Waals surface area contributed by atoms with Gasteiger partial charge in [0.15, 0.2) is 0 Å². The summed E-state index contributed by atoms with van der Waals surface area (Å²) in [7, 11) is 0. The summed E-state index contributed by atoms with van der Waals surface area (Å²) < 4.78 is 0. The third-order valence-corrected chi connectivity index (χ3v) is 4.15. The van der Waals surface area contributed by atoms with Crippen LogP contribution in [0.5, 0.6) is 5.75 Å². The summed E-state index contributed by atoms with van der Waals surface area (Å²) in [5.41, 5.74) is 1.51. The molecule has 0 bridgehead atoms. The van der Waals surface area contributed by atoms with Crippen LogP contribution in [0.1, 0.15) is 35.2 Å². The number of phenolic OH excluding ortho intramolecular Hbond substituents is 1. The van der Waals surface area contributed by atoms with Gasteiger partial charge < -0.3 is 10.4 Å². The standard InChI is InChI=1S/C14H18BrNO2/c1-10-11(3-2-4-12(10)17)13(18)16-9-14(5-6-14)7-8-15/h2-4,17H,5-9H2,1H3,(H,16,18). The first-order chi connectivity index (χ1) is 8.58. The second kappa shape index (κ2) is 5.31. The smallest absolute Gasteiger partial charge is 0.251 e. The largest absolute Gasteiger partial charge is 0.508 e. The van der Waals surface area contributed by atoms with Crippen LogP contribution in [-0.2, 0) is 0 Å². The van der Waals surface area contributed by atoms with E-state index in [0.29, 0.717) is 16.5 Å². The highest BCUT2D eigenvalue weighted by Crippen LogP contribution is 2.48. The SMILES string of the molecule is Cc1c(O)cccc1C(=O)NCC1(CCBr)CC1. The maximum Gasteiger partial charge on any atom is 0.251 e. The van der Waals surface area contributed by atoms with Crippen LogP contribution in [0, 0.1) is 12.3 Å². The fraction of sp³-hybridized carbons (Fsp3) is 0.500. The van der Waals surface area contributed by atoms with Gasteiger partial charge in [-0.05, 0) is 43.7 Å². The van der Waals surface area contributed by atoms with Crippen LogP contribution in [-0.4, -0.2) is 22.9 Å². The first-order valence-electron chi connectivity index (χ1n) is 6.21. The summed E-state index contributed by atoms with van der Waals surface area (Å²) in [5.74, 6) is 0.0773. The molecule has 0 aliphatic heterocycles. The van der Waals surface area contributed by atoms with E-state index in [1.54, 1.807) is 25.1 Å². The van der Waals surface area contributed by atoms with Crippen LogP contribution in [0.25, 0.3) is 0 Å². The van der Waals surface area contributed by atoms with Crippen molar-refractivity contribution >= 4 is 21.8 Å². The van der Waals surface area contributed by atoms with Crippen molar-refractivity contribution < 1.29 is 9.90 Å². The average molecular weight is 312 g/mol. The minimum atomic E-state index is -0.0933. The third kappa shape index (κ3) is 2.86. The summed E-state index contributed by atoms with van der Waals surface area (Å²) in [4.78, 5) is 12.1. The predicted molar refractivity (Wildman–Crippen MR) is 75.3 cm³/mol. The van der Waals surface area contributed by atoms with Crippen molar-refractivity contribution in [1.82, 2.24) is 5.32 Å². The minimum Gasteiger partial charge on any atom is -0.508 e. The molecule has 0 aromatic heterocycles. The summed E-state index contributed by atoms with van der Waals surface area (Å²) >= 11 is 3.45. The Bertz CT molecular complexity index is 455. The number of carbonyl (C=O) groups is 1. The lowest BCUT2D eigenvalue weighted by atomic mass is 10.0. The number of carbonyl (C=O) groups excluding carboxylic acids is 1. The molecule has 0 unspecified atom stereocenters. The number of hydrogen-bond acceptors (Lipinski definition) is 2. The van der Waals surface area contributed by atoms with Gasteiger partial charge in [-0.3, -0.25) is 4.79 Å². The second-order valence-electron chi connectivity index (χ2n) is 5.07. The van der Waals surface area contributed by atoms with Crippen LogP contribution in [0.15, 0.2) is 18.2 Å². The maximum absolute atomic E-state index is 12.1. The number of rotatable bonds is 5. The highest BCUT2D eigenvalue weighted by atomic mass is 79.9. The van der Waals surface area contributed by atoms with E-state index in [-0.39, 0.29) is 11.7 Å². The van der Waals surface area contributed by atoms with Crippen molar-refractivity contribution in [3.05, 3.63) is 29.3 Å². The number of phenols is 1. The van der Waals surface area contributed by atoms with Crippen molar-refractivity contribution in [2.45, 2.75) is 26.2 Å². The lowest BCUT2D eigenvalue weighted by Crippen LogP contribution is -2.30. The average Bonchev–Trinajstić information content (AvgIpc) is 3.11. The van der Waals surface area contributed by atoms with E-state index in [1.165, 1.54) is 12.8 Å². The number of nitrogens with one attached hydrogen (secondary N) is 1. The lowest BCUT2D eigenvalue weighted by molar-refractivity contribution is 0.0943. The summed E-state index contributed by atoms with van der Waals surface area (Å²) in [5, 5.41) is 13.6. The quantitative estimate of drug-likeness (QED) is 0.821. The van der Waals surface area contributed by atoms with E-state index >= 15 is 0 Å². The number of halogens is 1. The van der Waals surface area contributed by atoms with Crippen LogP contribution in [0.4, 0.5) is 0 Å². The fourth-order valence-corrected chi connectivity index (χ4v) is 2.97. The number of benzene rings is 1. The summed E-state index contributed by atoms with van der Waals surface area (Å²) in [6.45, 7) is 2.49. The Morgan fingerprint density at radius 2 is 2.22 bits per heavy atom. The zero-order valence-electron chi connectivity index (χ0n) is 10.5. The van der Waals surface area contributed by atoms with Crippen molar-refractivity contribution in [2.24, 2.45) is 5.41 Å². The zero-order valence-corrected chi connectivity index (χ0v) is 12.1. The number of alkyl halides is 1. The molecular formula is C14H18BrNO2. The Hall–Kier alpha value is -1.03. The van der Waals surface area contributed by atoms with Crippen molar-refractivity contribution in [3.8, 4) is 5.75 Å². The molecule has 1 aliphatic rings. The molecule has 0 radical (unpaired) electrons. The number of amides is 1. The van der Waals surface area contributed by atoms with Gasteiger partial charge in [-0.2, -0.15) is 0 Å². The Labute approximate surface area is 116 Å². The van der Waals surface area contributed by atoms with Crippen molar-refractivity contribution in [1.29, 1.82) is 0 Å². The molecule has 1 aliphatic carbocycles. The van der Waals surface area contributed by atoms with Gasteiger partial charge in [-0.15, -0.1) is 0 Å². The molecule has 98 valence electrons. The van der Waals surface area contributed by atoms with E-state index in [0.717, 1.165) is 18.3 Å². The lowest BCUT2D eigenvalue weighted by Gasteiger charge is -2.15. The maximum atomic E-state index is 12.1. The molecule has 2 N–H and O–H groups in total. The monoisotopic (exact) mass is 311 g/mol.